The van der Waals surface area contributed by atoms with E-state index >= 15 is 0 Å². The van der Waals surface area contributed by atoms with Crippen molar-refractivity contribution in [2.24, 2.45) is 7.05 Å². The number of carboxylic acids is 1. The van der Waals surface area contributed by atoms with Crippen molar-refractivity contribution >= 4 is 34.3 Å². The van der Waals surface area contributed by atoms with Crippen molar-refractivity contribution in [3.05, 3.63) is 107 Å². The number of aliphatic hydroxyl groups is 1. The van der Waals surface area contributed by atoms with Gasteiger partial charge < -0.3 is 34.3 Å². The highest BCUT2D eigenvalue weighted by Crippen LogP contribution is 2.30. The van der Waals surface area contributed by atoms with Gasteiger partial charge in [-0.3, -0.25) is 4.79 Å². The zero-order valence-corrected chi connectivity index (χ0v) is 24.4. The van der Waals surface area contributed by atoms with Crippen LogP contribution in [0.4, 0.5) is 5.69 Å². The number of carboxylic acid groups (broad SMARTS) is 1. The molecule has 1 heterocycles. The van der Waals surface area contributed by atoms with Crippen LogP contribution in [0.5, 0.6) is 23.0 Å². The number of rotatable bonds is 14. The summed E-state index contributed by atoms with van der Waals surface area (Å²) in [6.07, 6.45) is 0.333. The Balaban J connectivity index is 1.29. The Morgan fingerprint density at radius 1 is 0.930 bits per heavy atom. The van der Waals surface area contributed by atoms with E-state index in [0.29, 0.717) is 47.6 Å². The minimum atomic E-state index is -0.872. The summed E-state index contributed by atoms with van der Waals surface area (Å²) in [6, 6.07) is 26.1. The van der Waals surface area contributed by atoms with Crippen molar-refractivity contribution in [1.82, 2.24) is 9.55 Å². The van der Waals surface area contributed by atoms with Gasteiger partial charge in [0.2, 0.25) is 0 Å². The lowest BCUT2D eigenvalue weighted by Crippen LogP contribution is -2.05. The molecular formula is C33H32ClN3O6. The van der Waals surface area contributed by atoms with Gasteiger partial charge in [0.25, 0.3) is 0 Å². The highest BCUT2D eigenvalue weighted by atomic mass is 35.5. The maximum atomic E-state index is 11.2. The summed E-state index contributed by atoms with van der Waals surface area (Å²) in [5.74, 6) is 2.34. The van der Waals surface area contributed by atoms with Gasteiger partial charge in [-0.25, -0.2) is 4.98 Å². The molecule has 9 nitrogen and oxygen atoms in total. The Bertz CT molecular complexity index is 1700. The molecule has 0 saturated heterocycles. The van der Waals surface area contributed by atoms with Crippen LogP contribution in [-0.2, 0) is 31.5 Å². The van der Waals surface area contributed by atoms with Crippen molar-refractivity contribution in [3.8, 4) is 23.0 Å². The number of halogens is 1. The summed E-state index contributed by atoms with van der Waals surface area (Å²) < 4.78 is 20.2. The van der Waals surface area contributed by atoms with Crippen molar-refractivity contribution in [2.45, 2.75) is 26.1 Å². The van der Waals surface area contributed by atoms with Gasteiger partial charge in [-0.2, -0.15) is 0 Å². The average Bonchev–Trinajstić information content (AvgIpc) is 3.32. The number of fused-ring (bicyclic) bond motifs is 1. The lowest BCUT2D eigenvalue weighted by Gasteiger charge is -2.14. The third-order valence-corrected chi connectivity index (χ3v) is 7.03. The maximum absolute atomic E-state index is 11.2. The third kappa shape index (κ3) is 7.97. The number of aliphatic hydroxyl groups excluding tert-OH is 1. The van der Waals surface area contributed by atoms with Gasteiger partial charge in [-0.1, -0.05) is 35.9 Å². The van der Waals surface area contributed by atoms with Crippen LogP contribution in [0.1, 0.15) is 23.4 Å². The average molecular weight is 602 g/mol. The highest BCUT2D eigenvalue weighted by molar-refractivity contribution is 6.30. The highest BCUT2D eigenvalue weighted by Gasteiger charge is 2.13. The number of aliphatic carboxylic acids is 1. The van der Waals surface area contributed by atoms with Crippen molar-refractivity contribution in [2.75, 3.05) is 18.5 Å². The first-order valence-electron chi connectivity index (χ1n) is 13.8. The van der Waals surface area contributed by atoms with E-state index < -0.39 is 5.97 Å². The summed E-state index contributed by atoms with van der Waals surface area (Å²) in [4.78, 5) is 15.9. The molecule has 0 aliphatic rings. The summed E-state index contributed by atoms with van der Waals surface area (Å²) in [6.45, 7) is 1.03. The zero-order valence-electron chi connectivity index (χ0n) is 23.6. The second-order valence-electron chi connectivity index (χ2n) is 9.88. The quantitative estimate of drug-likeness (QED) is 0.130. The van der Waals surface area contributed by atoms with E-state index in [1.165, 1.54) is 0 Å². The van der Waals surface area contributed by atoms with Gasteiger partial charge in [0.1, 0.15) is 42.0 Å². The molecule has 0 aliphatic heterocycles. The van der Waals surface area contributed by atoms with E-state index in [9.17, 15) is 9.90 Å². The molecule has 0 fully saturated rings. The Morgan fingerprint density at radius 3 is 2.51 bits per heavy atom. The van der Waals surface area contributed by atoms with Gasteiger partial charge in [0, 0.05) is 48.9 Å². The molecule has 0 spiro atoms. The number of hydrogen-bond donors (Lipinski definition) is 3. The van der Waals surface area contributed by atoms with E-state index in [-0.39, 0.29) is 19.6 Å². The van der Waals surface area contributed by atoms with Crippen LogP contribution in [-0.4, -0.2) is 38.9 Å². The number of nitrogens with one attached hydrogen (secondary N) is 1. The smallest absolute Gasteiger partial charge is 0.303 e. The molecule has 10 heteroatoms. The summed E-state index contributed by atoms with van der Waals surface area (Å²) >= 11 is 5.99. The Morgan fingerprint density at radius 2 is 1.72 bits per heavy atom. The third-order valence-electron chi connectivity index (χ3n) is 6.78. The molecular weight excluding hydrogens is 570 g/mol. The van der Waals surface area contributed by atoms with Crippen LogP contribution >= 0.6 is 11.6 Å². The molecule has 43 heavy (non-hydrogen) atoms. The molecule has 0 atom stereocenters. The van der Waals surface area contributed by atoms with Crippen LogP contribution in [0.3, 0.4) is 0 Å². The number of benzene rings is 4. The molecule has 0 bridgehead atoms. The molecule has 0 saturated carbocycles. The molecule has 3 N–H and O–H groups in total. The predicted octanol–water partition coefficient (Wildman–Crippen LogP) is 6.60. The maximum Gasteiger partial charge on any atom is 0.303 e. The predicted molar refractivity (Wildman–Crippen MR) is 165 cm³/mol. The SMILES string of the molecule is Cn1c(COc2ccc(CCC(=O)O)c(OCc3ccc(Cl)cc3)c2)nc2ccc(Oc3cccc(NCCO)c3)cc21. The number of hydrogen-bond acceptors (Lipinski definition) is 7. The fourth-order valence-electron chi connectivity index (χ4n) is 4.51. The van der Waals surface area contributed by atoms with Crippen LogP contribution in [0.2, 0.25) is 5.02 Å². The number of aryl methyl sites for hydroxylation is 2. The van der Waals surface area contributed by atoms with Crippen molar-refractivity contribution < 1.29 is 29.2 Å². The first kappa shape index (κ1) is 29.8. The summed E-state index contributed by atoms with van der Waals surface area (Å²) in [5, 5.41) is 22.0. The monoisotopic (exact) mass is 601 g/mol. The number of carbonyl (C=O) groups is 1. The lowest BCUT2D eigenvalue weighted by molar-refractivity contribution is -0.136. The minimum Gasteiger partial charge on any atom is -0.488 e. The van der Waals surface area contributed by atoms with E-state index in [1.807, 2.05) is 78.3 Å². The zero-order chi connectivity index (χ0) is 30.2. The van der Waals surface area contributed by atoms with Crippen LogP contribution in [0.25, 0.3) is 11.0 Å². The van der Waals surface area contributed by atoms with Crippen molar-refractivity contribution in [1.29, 1.82) is 0 Å². The summed E-state index contributed by atoms with van der Waals surface area (Å²) in [5.41, 5.74) is 4.29. The van der Waals surface area contributed by atoms with Gasteiger partial charge in [-0.15, -0.1) is 0 Å². The van der Waals surface area contributed by atoms with Gasteiger partial charge in [0.05, 0.1) is 17.6 Å². The number of aromatic nitrogens is 2. The van der Waals surface area contributed by atoms with Gasteiger partial charge in [0.15, 0.2) is 0 Å². The second-order valence-corrected chi connectivity index (χ2v) is 10.3. The van der Waals surface area contributed by atoms with Gasteiger partial charge >= 0.3 is 5.97 Å². The standard InChI is InChI=1S/C33H32ClN3O6/c1-37-30-18-28(43-27-4-2-3-25(17-27)35-15-16-38)12-13-29(30)36-32(37)21-41-26-11-7-23(8-14-33(39)40)31(19-26)42-20-22-5-9-24(34)10-6-22/h2-7,9-13,17-19,35,38H,8,14-16,20-21H2,1H3,(H,39,40). The molecule has 0 amide bonds. The van der Waals surface area contributed by atoms with Crippen molar-refractivity contribution in [3.63, 3.8) is 0 Å². The topological polar surface area (TPSA) is 115 Å². The molecule has 5 aromatic rings. The fraction of sp³-hybridized carbons (Fsp3) is 0.212. The Labute approximate surface area is 254 Å². The number of imidazole rings is 1. The first-order chi connectivity index (χ1) is 20.9. The van der Waals surface area contributed by atoms with Gasteiger partial charge in [-0.05, 0) is 60.0 Å². The molecule has 0 radical (unpaired) electrons. The Hall–Kier alpha value is -4.73. The normalized spacial score (nSPS) is 11.0. The molecule has 4 aromatic carbocycles. The number of nitrogens with zero attached hydrogens (tertiary/aromatic N) is 2. The first-order valence-corrected chi connectivity index (χ1v) is 14.2. The number of anilines is 1. The van der Waals surface area contributed by atoms with E-state index in [1.54, 1.807) is 18.2 Å². The van der Waals surface area contributed by atoms with E-state index in [0.717, 1.165) is 33.7 Å². The molecule has 0 aliphatic carbocycles. The molecule has 0 unspecified atom stereocenters. The van der Waals surface area contributed by atoms with Crippen LogP contribution in [0, 0.1) is 0 Å². The minimum absolute atomic E-state index is 0.00485. The molecule has 5 rings (SSSR count). The second kappa shape index (κ2) is 14.0. The fourth-order valence-corrected chi connectivity index (χ4v) is 4.64. The van der Waals surface area contributed by atoms with E-state index in [2.05, 4.69) is 5.32 Å². The van der Waals surface area contributed by atoms with Crippen LogP contribution in [0.15, 0.2) is 84.9 Å². The Kier molecular flexibility index (Phi) is 9.66. The van der Waals surface area contributed by atoms with Crippen LogP contribution < -0.4 is 19.5 Å². The molecule has 1 aromatic heterocycles. The number of ether oxygens (including phenoxy) is 3. The van der Waals surface area contributed by atoms with E-state index in [4.69, 9.17) is 35.9 Å². The summed E-state index contributed by atoms with van der Waals surface area (Å²) in [7, 11) is 1.92. The molecule has 222 valence electrons. The lowest BCUT2D eigenvalue weighted by atomic mass is 10.1. The largest absolute Gasteiger partial charge is 0.488 e.